The number of anilines is 2. The lowest BCUT2D eigenvalue weighted by Gasteiger charge is -2.12. The number of hydrogen-bond acceptors (Lipinski definition) is 5. The molecular formula is C14H20N4O2S. The smallest absolute Gasteiger partial charge is 0.213 e. The molecule has 0 aliphatic rings. The second-order valence-electron chi connectivity index (χ2n) is 4.82. The first kappa shape index (κ1) is 15.5. The van der Waals surface area contributed by atoms with Crippen LogP contribution in [0.1, 0.15) is 12.6 Å². The van der Waals surface area contributed by atoms with Crippen molar-refractivity contribution >= 4 is 32.2 Å². The standard InChI is InChI=1S/C14H20N4O2S/c1-3-18-21(19,20)7-6-16-14-5-4-13(15)12-9-17-10(2)8-11(12)14/h4-5,8-9,16,18H,3,6-7,15H2,1-2H3. The second kappa shape index (κ2) is 6.28. The number of aromatic nitrogens is 1. The molecule has 6 nitrogen and oxygen atoms in total. The van der Waals surface area contributed by atoms with Gasteiger partial charge in [-0.05, 0) is 25.1 Å². The monoisotopic (exact) mass is 308 g/mol. The molecule has 0 spiro atoms. The maximum atomic E-state index is 11.6. The summed E-state index contributed by atoms with van der Waals surface area (Å²) in [7, 11) is -3.22. The minimum absolute atomic E-state index is 0.0246. The van der Waals surface area contributed by atoms with Gasteiger partial charge in [0.1, 0.15) is 0 Å². The largest absolute Gasteiger partial charge is 0.398 e. The molecule has 0 saturated heterocycles. The van der Waals surface area contributed by atoms with E-state index in [1.54, 1.807) is 19.2 Å². The Morgan fingerprint density at radius 2 is 2.05 bits per heavy atom. The van der Waals surface area contributed by atoms with Crippen molar-refractivity contribution in [2.75, 3.05) is 29.9 Å². The van der Waals surface area contributed by atoms with E-state index in [4.69, 9.17) is 5.73 Å². The summed E-state index contributed by atoms with van der Waals surface area (Å²) in [5, 5.41) is 4.96. The predicted octanol–water partition coefficient (Wildman–Crippen LogP) is 1.48. The minimum atomic E-state index is -3.22. The van der Waals surface area contributed by atoms with Gasteiger partial charge >= 0.3 is 0 Å². The van der Waals surface area contributed by atoms with Crippen LogP contribution >= 0.6 is 0 Å². The van der Waals surface area contributed by atoms with Gasteiger partial charge in [0.2, 0.25) is 10.0 Å². The third-order valence-corrected chi connectivity index (χ3v) is 4.59. The Hall–Kier alpha value is -1.86. The molecule has 0 unspecified atom stereocenters. The molecule has 0 atom stereocenters. The number of aryl methyl sites for hydroxylation is 1. The Morgan fingerprint density at radius 1 is 1.29 bits per heavy atom. The third-order valence-electron chi connectivity index (χ3n) is 3.12. The summed E-state index contributed by atoms with van der Waals surface area (Å²) in [5.74, 6) is 0.0246. The van der Waals surface area contributed by atoms with E-state index >= 15 is 0 Å². The summed E-state index contributed by atoms with van der Waals surface area (Å²) >= 11 is 0. The lowest BCUT2D eigenvalue weighted by Crippen LogP contribution is -2.29. The lowest BCUT2D eigenvalue weighted by atomic mass is 10.1. The molecule has 0 bridgehead atoms. The molecule has 114 valence electrons. The first-order valence-corrected chi connectivity index (χ1v) is 8.44. The number of nitrogens with one attached hydrogen (secondary N) is 2. The Balaban J connectivity index is 2.19. The number of pyridine rings is 1. The highest BCUT2D eigenvalue weighted by atomic mass is 32.2. The maximum Gasteiger partial charge on any atom is 0.213 e. The fourth-order valence-electron chi connectivity index (χ4n) is 2.13. The number of rotatable bonds is 6. The van der Waals surface area contributed by atoms with E-state index < -0.39 is 10.0 Å². The molecule has 0 aliphatic carbocycles. The molecule has 2 aromatic rings. The minimum Gasteiger partial charge on any atom is -0.398 e. The molecule has 0 radical (unpaired) electrons. The molecular weight excluding hydrogens is 288 g/mol. The fraction of sp³-hybridized carbons (Fsp3) is 0.357. The molecule has 4 N–H and O–H groups in total. The lowest BCUT2D eigenvalue weighted by molar-refractivity contribution is 0.584. The van der Waals surface area contributed by atoms with Crippen molar-refractivity contribution in [3.63, 3.8) is 0 Å². The maximum absolute atomic E-state index is 11.6. The molecule has 21 heavy (non-hydrogen) atoms. The normalized spacial score (nSPS) is 11.7. The number of hydrogen-bond donors (Lipinski definition) is 3. The highest BCUT2D eigenvalue weighted by molar-refractivity contribution is 7.89. The van der Waals surface area contributed by atoms with Gasteiger partial charge in [0.05, 0.1) is 5.75 Å². The van der Waals surface area contributed by atoms with Crippen LogP contribution in [0, 0.1) is 6.92 Å². The van der Waals surface area contributed by atoms with Crippen molar-refractivity contribution in [1.29, 1.82) is 0 Å². The zero-order valence-corrected chi connectivity index (χ0v) is 13.0. The van der Waals surface area contributed by atoms with Crippen LogP contribution in [-0.2, 0) is 10.0 Å². The number of nitrogens with zero attached hydrogens (tertiary/aromatic N) is 1. The summed E-state index contributed by atoms with van der Waals surface area (Å²) in [5.41, 5.74) is 8.34. The summed E-state index contributed by atoms with van der Waals surface area (Å²) < 4.78 is 25.7. The molecule has 0 saturated carbocycles. The molecule has 0 aliphatic heterocycles. The first-order valence-electron chi connectivity index (χ1n) is 6.79. The number of fused-ring (bicyclic) bond motifs is 1. The van der Waals surface area contributed by atoms with Crippen LogP contribution in [0.5, 0.6) is 0 Å². The van der Waals surface area contributed by atoms with Crippen LogP contribution in [0.15, 0.2) is 24.4 Å². The quantitative estimate of drug-likeness (QED) is 0.702. The molecule has 7 heteroatoms. The van der Waals surface area contributed by atoms with Crippen molar-refractivity contribution in [3.8, 4) is 0 Å². The van der Waals surface area contributed by atoms with Crippen LogP contribution in [0.4, 0.5) is 11.4 Å². The highest BCUT2D eigenvalue weighted by Gasteiger charge is 2.09. The van der Waals surface area contributed by atoms with E-state index in [-0.39, 0.29) is 5.75 Å². The van der Waals surface area contributed by atoms with E-state index in [2.05, 4.69) is 15.0 Å². The summed E-state index contributed by atoms with van der Waals surface area (Å²) in [6.07, 6.45) is 1.74. The van der Waals surface area contributed by atoms with Gasteiger partial charge in [0.25, 0.3) is 0 Å². The van der Waals surface area contributed by atoms with Crippen LogP contribution in [0.2, 0.25) is 0 Å². The van der Waals surface area contributed by atoms with Crippen molar-refractivity contribution in [3.05, 3.63) is 30.1 Å². The van der Waals surface area contributed by atoms with Crippen LogP contribution in [0.25, 0.3) is 10.8 Å². The summed E-state index contributed by atoms with van der Waals surface area (Å²) in [6.45, 7) is 4.39. The van der Waals surface area contributed by atoms with Gasteiger partial charge in [-0.2, -0.15) is 0 Å². The molecule has 0 fully saturated rings. The van der Waals surface area contributed by atoms with E-state index in [0.29, 0.717) is 18.8 Å². The summed E-state index contributed by atoms with van der Waals surface area (Å²) in [6, 6.07) is 5.59. The Bertz CT molecular complexity index is 744. The van der Waals surface area contributed by atoms with Crippen LogP contribution < -0.4 is 15.8 Å². The van der Waals surface area contributed by atoms with E-state index in [1.807, 2.05) is 19.1 Å². The number of sulfonamides is 1. The Morgan fingerprint density at radius 3 is 2.76 bits per heavy atom. The SMILES string of the molecule is CCNS(=O)(=O)CCNc1ccc(N)c2cnc(C)cc12. The predicted molar refractivity (Wildman–Crippen MR) is 86.8 cm³/mol. The zero-order chi connectivity index (χ0) is 15.5. The highest BCUT2D eigenvalue weighted by Crippen LogP contribution is 2.28. The molecule has 1 heterocycles. The average Bonchev–Trinajstić information content (AvgIpc) is 2.41. The van der Waals surface area contributed by atoms with Crippen molar-refractivity contribution in [2.45, 2.75) is 13.8 Å². The average molecular weight is 308 g/mol. The van der Waals surface area contributed by atoms with Gasteiger partial charge < -0.3 is 11.1 Å². The Labute approximate surface area is 124 Å². The van der Waals surface area contributed by atoms with Crippen LogP contribution in [-0.4, -0.2) is 32.2 Å². The number of nitrogens with two attached hydrogens (primary N) is 1. The van der Waals surface area contributed by atoms with Gasteiger partial charge in [-0.1, -0.05) is 6.92 Å². The van der Waals surface area contributed by atoms with E-state index in [9.17, 15) is 8.42 Å². The topological polar surface area (TPSA) is 97.1 Å². The summed E-state index contributed by atoms with van der Waals surface area (Å²) in [4.78, 5) is 4.24. The van der Waals surface area contributed by atoms with E-state index in [1.165, 1.54) is 0 Å². The fourth-order valence-corrected chi connectivity index (χ4v) is 3.09. The molecule has 1 aromatic carbocycles. The molecule has 2 rings (SSSR count). The first-order chi connectivity index (χ1) is 9.93. The van der Waals surface area contributed by atoms with Crippen LogP contribution in [0.3, 0.4) is 0 Å². The van der Waals surface area contributed by atoms with Gasteiger partial charge in [-0.25, -0.2) is 13.1 Å². The Kier molecular flexibility index (Phi) is 4.64. The number of nitrogen functional groups attached to an aromatic ring is 1. The van der Waals surface area contributed by atoms with Gasteiger partial charge in [-0.3, -0.25) is 4.98 Å². The van der Waals surface area contributed by atoms with Gasteiger partial charge in [0.15, 0.2) is 0 Å². The number of benzene rings is 1. The molecule has 0 amide bonds. The second-order valence-corrected chi connectivity index (χ2v) is 6.74. The van der Waals surface area contributed by atoms with Gasteiger partial charge in [0, 0.05) is 47.1 Å². The van der Waals surface area contributed by atoms with Crippen molar-refractivity contribution in [1.82, 2.24) is 9.71 Å². The molecule has 1 aromatic heterocycles. The third kappa shape index (κ3) is 3.83. The van der Waals surface area contributed by atoms with Gasteiger partial charge in [-0.15, -0.1) is 0 Å². The zero-order valence-electron chi connectivity index (χ0n) is 12.2. The van der Waals surface area contributed by atoms with Crippen molar-refractivity contribution < 1.29 is 8.42 Å². The van der Waals surface area contributed by atoms with Crippen molar-refractivity contribution in [2.24, 2.45) is 0 Å². The van der Waals surface area contributed by atoms with E-state index in [0.717, 1.165) is 22.2 Å².